The van der Waals surface area contributed by atoms with Gasteiger partial charge in [-0.2, -0.15) is 13.2 Å². The van der Waals surface area contributed by atoms with Crippen molar-refractivity contribution >= 4 is 5.91 Å². The third kappa shape index (κ3) is 1.88. The topological polar surface area (TPSA) is 41.1 Å². The first-order valence-corrected chi connectivity index (χ1v) is 3.52. The SMILES string of the molecule is C[C@@H]1NC[C@H]1NC(=O)C(F)(F)F. The van der Waals surface area contributed by atoms with Crippen molar-refractivity contribution in [2.75, 3.05) is 6.54 Å². The second-order valence-electron chi connectivity index (χ2n) is 2.77. The Hall–Kier alpha value is -0.780. The molecule has 0 aliphatic carbocycles. The normalized spacial score (nSPS) is 29.3. The van der Waals surface area contributed by atoms with Gasteiger partial charge in [0.05, 0.1) is 6.04 Å². The van der Waals surface area contributed by atoms with E-state index in [9.17, 15) is 18.0 Å². The van der Waals surface area contributed by atoms with Gasteiger partial charge in [0.1, 0.15) is 0 Å². The highest BCUT2D eigenvalue weighted by atomic mass is 19.4. The molecule has 0 spiro atoms. The lowest BCUT2D eigenvalue weighted by atomic mass is 10.0. The van der Waals surface area contributed by atoms with Crippen LogP contribution in [0.25, 0.3) is 0 Å². The smallest absolute Gasteiger partial charge is 0.343 e. The summed E-state index contributed by atoms with van der Waals surface area (Å²) in [5.74, 6) is -1.86. The third-order valence-corrected chi connectivity index (χ3v) is 1.84. The summed E-state index contributed by atoms with van der Waals surface area (Å²) in [7, 11) is 0. The number of rotatable bonds is 1. The van der Waals surface area contributed by atoms with Gasteiger partial charge in [0.2, 0.25) is 0 Å². The van der Waals surface area contributed by atoms with Crippen LogP contribution in [0.1, 0.15) is 6.92 Å². The van der Waals surface area contributed by atoms with Crippen molar-refractivity contribution in [2.24, 2.45) is 0 Å². The van der Waals surface area contributed by atoms with Gasteiger partial charge in [0.25, 0.3) is 0 Å². The monoisotopic (exact) mass is 182 g/mol. The molecule has 0 aromatic heterocycles. The van der Waals surface area contributed by atoms with Crippen LogP contribution in [0.4, 0.5) is 13.2 Å². The predicted molar refractivity (Wildman–Crippen MR) is 35.5 cm³/mol. The molecule has 1 amide bonds. The lowest BCUT2D eigenvalue weighted by molar-refractivity contribution is -0.175. The van der Waals surface area contributed by atoms with Gasteiger partial charge in [-0.05, 0) is 6.92 Å². The highest BCUT2D eigenvalue weighted by Crippen LogP contribution is 2.15. The molecule has 3 nitrogen and oxygen atoms in total. The van der Waals surface area contributed by atoms with Gasteiger partial charge < -0.3 is 10.6 Å². The Kier molecular flexibility index (Phi) is 2.27. The maximum absolute atomic E-state index is 11.7. The predicted octanol–water partition coefficient (Wildman–Crippen LogP) is 0.0252. The minimum Gasteiger partial charge on any atom is -0.343 e. The zero-order chi connectivity index (χ0) is 9.35. The lowest BCUT2D eigenvalue weighted by Gasteiger charge is -2.35. The number of halogens is 3. The Morgan fingerprint density at radius 3 is 2.42 bits per heavy atom. The van der Waals surface area contributed by atoms with E-state index < -0.39 is 12.1 Å². The van der Waals surface area contributed by atoms with Crippen molar-refractivity contribution < 1.29 is 18.0 Å². The average Bonchev–Trinajstić information content (AvgIpc) is 1.95. The molecule has 2 atom stereocenters. The molecule has 6 heteroatoms. The van der Waals surface area contributed by atoms with Crippen LogP contribution in [0.15, 0.2) is 0 Å². The number of hydrogen-bond acceptors (Lipinski definition) is 2. The van der Waals surface area contributed by atoms with Gasteiger partial charge in [0.15, 0.2) is 0 Å². The summed E-state index contributed by atoms with van der Waals surface area (Å²) in [4.78, 5) is 10.3. The number of amides is 1. The van der Waals surface area contributed by atoms with Crippen molar-refractivity contribution in [3.63, 3.8) is 0 Å². The Labute approximate surface area is 67.3 Å². The van der Waals surface area contributed by atoms with Gasteiger partial charge in [0, 0.05) is 12.6 Å². The van der Waals surface area contributed by atoms with Crippen molar-refractivity contribution in [2.45, 2.75) is 25.2 Å². The summed E-state index contributed by atoms with van der Waals surface area (Å²) in [6, 6.07) is -0.463. The number of hydrogen-bond donors (Lipinski definition) is 2. The average molecular weight is 182 g/mol. The molecule has 1 aliphatic heterocycles. The minimum absolute atomic E-state index is 0.0729. The van der Waals surface area contributed by atoms with Gasteiger partial charge in [-0.1, -0.05) is 0 Å². The molecule has 1 fully saturated rings. The fraction of sp³-hybridized carbons (Fsp3) is 0.833. The van der Waals surface area contributed by atoms with Gasteiger partial charge in [-0.3, -0.25) is 4.79 Å². The van der Waals surface area contributed by atoms with Crippen LogP contribution in [0, 0.1) is 0 Å². The highest BCUT2D eigenvalue weighted by molar-refractivity contribution is 5.82. The van der Waals surface area contributed by atoms with Crippen LogP contribution in [0.5, 0.6) is 0 Å². The summed E-state index contributed by atoms with van der Waals surface area (Å²) in [6.45, 7) is 2.12. The minimum atomic E-state index is -4.77. The maximum Gasteiger partial charge on any atom is 0.471 e. The molecule has 0 saturated carbocycles. The summed E-state index contributed by atoms with van der Waals surface area (Å²) in [5, 5.41) is 4.71. The molecule has 0 radical (unpaired) electrons. The molecule has 0 bridgehead atoms. The van der Waals surface area contributed by atoms with E-state index >= 15 is 0 Å². The van der Waals surface area contributed by atoms with Crippen LogP contribution in [-0.2, 0) is 4.79 Å². The van der Waals surface area contributed by atoms with Gasteiger partial charge in [-0.15, -0.1) is 0 Å². The number of carbonyl (C=O) groups excluding carboxylic acids is 1. The van der Waals surface area contributed by atoms with Crippen LogP contribution in [-0.4, -0.2) is 30.7 Å². The molecule has 1 aliphatic rings. The highest BCUT2D eigenvalue weighted by Gasteiger charge is 2.41. The standard InChI is InChI=1S/C6H9F3N2O/c1-3-4(2-10-3)11-5(12)6(7,8)9/h3-4,10H,2H2,1H3,(H,11,12)/t3-,4+/m0/s1. The Morgan fingerprint density at radius 1 is 1.58 bits per heavy atom. The quantitative estimate of drug-likeness (QED) is 0.600. The number of nitrogens with one attached hydrogen (secondary N) is 2. The second-order valence-corrected chi connectivity index (χ2v) is 2.77. The lowest BCUT2D eigenvalue weighted by Crippen LogP contribution is -2.64. The van der Waals surface area contributed by atoms with Crippen molar-refractivity contribution in [1.82, 2.24) is 10.6 Å². The summed E-state index contributed by atoms with van der Waals surface area (Å²) in [5.41, 5.74) is 0. The zero-order valence-corrected chi connectivity index (χ0v) is 6.40. The van der Waals surface area contributed by atoms with E-state index in [1.807, 2.05) is 5.32 Å². The molecule has 0 aromatic rings. The third-order valence-electron chi connectivity index (χ3n) is 1.84. The van der Waals surface area contributed by atoms with E-state index in [2.05, 4.69) is 5.32 Å². The van der Waals surface area contributed by atoms with Crippen molar-refractivity contribution in [3.8, 4) is 0 Å². The second kappa shape index (κ2) is 2.93. The number of carbonyl (C=O) groups is 1. The molecular weight excluding hydrogens is 173 g/mol. The van der Waals surface area contributed by atoms with E-state index in [0.717, 1.165) is 0 Å². The van der Waals surface area contributed by atoms with E-state index in [1.54, 1.807) is 6.92 Å². The summed E-state index contributed by atoms with van der Waals surface area (Å²) in [6.07, 6.45) is -4.77. The van der Waals surface area contributed by atoms with Crippen LogP contribution < -0.4 is 10.6 Å². The fourth-order valence-corrected chi connectivity index (χ4v) is 0.898. The zero-order valence-electron chi connectivity index (χ0n) is 6.40. The van der Waals surface area contributed by atoms with Crippen molar-refractivity contribution in [3.05, 3.63) is 0 Å². The summed E-state index contributed by atoms with van der Waals surface area (Å²) < 4.78 is 35.0. The molecule has 70 valence electrons. The van der Waals surface area contributed by atoms with Gasteiger partial charge >= 0.3 is 12.1 Å². The molecule has 2 N–H and O–H groups in total. The van der Waals surface area contributed by atoms with Crippen LogP contribution in [0.3, 0.4) is 0 Å². The van der Waals surface area contributed by atoms with E-state index in [-0.39, 0.29) is 12.1 Å². The largest absolute Gasteiger partial charge is 0.471 e. The Balaban J connectivity index is 2.36. The fourth-order valence-electron chi connectivity index (χ4n) is 0.898. The van der Waals surface area contributed by atoms with Gasteiger partial charge in [-0.25, -0.2) is 0 Å². The molecule has 1 rings (SSSR count). The number of alkyl halides is 3. The first-order chi connectivity index (χ1) is 5.41. The molecule has 1 saturated heterocycles. The Bertz CT molecular complexity index is 192. The molecule has 0 aromatic carbocycles. The van der Waals surface area contributed by atoms with Crippen LogP contribution >= 0.6 is 0 Å². The molecule has 12 heavy (non-hydrogen) atoms. The van der Waals surface area contributed by atoms with E-state index in [1.165, 1.54) is 0 Å². The summed E-state index contributed by atoms with van der Waals surface area (Å²) >= 11 is 0. The van der Waals surface area contributed by atoms with Crippen LogP contribution in [0.2, 0.25) is 0 Å². The van der Waals surface area contributed by atoms with Crippen molar-refractivity contribution in [1.29, 1.82) is 0 Å². The molecular formula is C6H9F3N2O. The van der Waals surface area contributed by atoms with E-state index in [0.29, 0.717) is 6.54 Å². The first kappa shape index (κ1) is 9.31. The molecule has 1 heterocycles. The molecule has 0 unspecified atom stereocenters. The Morgan fingerprint density at radius 2 is 2.17 bits per heavy atom. The van der Waals surface area contributed by atoms with E-state index in [4.69, 9.17) is 0 Å². The maximum atomic E-state index is 11.7. The first-order valence-electron chi connectivity index (χ1n) is 3.52.